The maximum Gasteiger partial charge on any atom is 0.322 e. The Morgan fingerprint density at radius 1 is 1.15 bits per heavy atom. The lowest BCUT2D eigenvalue weighted by Gasteiger charge is -2.55. The molecular formula is C28H29FN6O5. The number of likely N-dealkylation sites (tertiary alicyclic amines) is 1. The fourth-order valence-electron chi connectivity index (χ4n) is 5.88. The molecule has 0 saturated carbocycles. The molecule has 11 nitrogen and oxygen atoms in total. The van der Waals surface area contributed by atoms with E-state index in [4.69, 9.17) is 9.26 Å². The van der Waals surface area contributed by atoms with Crippen molar-refractivity contribution in [3.8, 4) is 5.75 Å². The molecule has 4 heterocycles. The number of nitrogens with one attached hydrogen (secondary N) is 3. The van der Waals surface area contributed by atoms with Gasteiger partial charge in [0.25, 0.3) is 0 Å². The molecule has 0 radical (unpaired) electrons. The molecule has 0 unspecified atom stereocenters. The van der Waals surface area contributed by atoms with Crippen LogP contribution >= 0.6 is 0 Å². The number of rotatable bonds is 4. The summed E-state index contributed by atoms with van der Waals surface area (Å²) in [5, 5.41) is 21.0. The highest BCUT2D eigenvalue weighted by Gasteiger charge is 2.55. The Kier molecular flexibility index (Phi) is 6.14. The molecule has 6 rings (SSSR count). The normalized spacial score (nSPS) is 17.5. The number of aliphatic hydroxyl groups is 1. The number of fused-ring (bicyclic) bond motifs is 4. The average Bonchev–Trinajstić information content (AvgIpc) is 3.46. The first kappa shape index (κ1) is 25.7. The standard InChI is InChI=1S/C28H29FN6O5/c1-15-24(16(2)40-33-15)32-26(37)34-12-28(13-34)14-35(27(38)30-18-6-4-17(29)5-7-18)22(11-36)25-23(28)20-9-8-19(39-3)10-21(20)31-25/h4-10,22,31,36H,11-14H2,1-3H3,(H,30,38)(H,32,37)/t22-/m0/s1. The zero-order valence-electron chi connectivity index (χ0n) is 22.2. The van der Waals surface area contributed by atoms with Gasteiger partial charge < -0.3 is 39.8 Å². The molecule has 1 atom stereocenters. The number of nitrogens with zero attached hydrogens (tertiary/aromatic N) is 3. The molecule has 4 N–H and O–H groups in total. The highest BCUT2D eigenvalue weighted by Crippen LogP contribution is 2.49. The molecule has 1 spiro atoms. The number of ether oxygens (including phenoxy) is 1. The second-order valence-corrected chi connectivity index (χ2v) is 10.4. The van der Waals surface area contributed by atoms with Crippen LogP contribution < -0.4 is 15.4 Å². The first-order valence-corrected chi connectivity index (χ1v) is 12.9. The lowest BCUT2D eigenvalue weighted by molar-refractivity contribution is 0.0374. The van der Waals surface area contributed by atoms with Crippen molar-refractivity contribution < 1.29 is 28.3 Å². The quantitative estimate of drug-likeness (QED) is 0.301. The number of aromatic nitrogens is 2. The fourth-order valence-corrected chi connectivity index (χ4v) is 5.88. The molecule has 2 aromatic heterocycles. The van der Waals surface area contributed by atoms with Gasteiger partial charge in [0.1, 0.15) is 22.9 Å². The van der Waals surface area contributed by atoms with Gasteiger partial charge in [-0.1, -0.05) is 5.16 Å². The number of hydrogen-bond donors (Lipinski definition) is 4. The second-order valence-electron chi connectivity index (χ2n) is 10.4. The monoisotopic (exact) mass is 548 g/mol. The van der Waals surface area contributed by atoms with Crippen LogP contribution in [-0.2, 0) is 5.41 Å². The maximum atomic E-state index is 13.5. The van der Waals surface area contributed by atoms with Crippen molar-refractivity contribution >= 4 is 34.3 Å². The van der Waals surface area contributed by atoms with Crippen molar-refractivity contribution in [1.29, 1.82) is 0 Å². The summed E-state index contributed by atoms with van der Waals surface area (Å²) in [7, 11) is 1.59. The number of carbonyl (C=O) groups excluding carboxylic acids is 2. The molecule has 208 valence electrons. The van der Waals surface area contributed by atoms with Crippen LogP contribution in [0.15, 0.2) is 47.0 Å². The van der Waals surface area contributed by atoms with Gasteiger partial charge in [-0.2, -0.15) is 0 Å². The summed E-state index contributed by atoms with van der Waals surface area (Å²) in [5.74, 6) is 0.771. The first-order valence-electron chi connectivity index (χ1n) is 12.9. The van der Waals surface area contributed by atoms with Crippen LogP contribution in [0.3, 0.4) is 0 Å². The predicted octanol–water partition coefficient (Wildman–Crippen LogP) is 4.29. The van der Waals surface area contributed by atoms with E-state index in [9.17, 15) is 19.1 Å². The molecule has 2 aliphatic rings. The van der Waals surface area contributed by atoms with Crippen molar-refractivity contribution in [2.75, 3.05) is 44.0 Å². The zero-order chi connectivity index (χ0) is 28.2. The van der Waals surface area contributed by atoms with Crippen LogP contribution in [0.25, 0.3) is 10.9 Å². The van der Waals surface area contributed by atoms with Gasteiger partial charge >= 0.3 is 12.1 Å². The summed E-state index contributed by atoms with van der Waals surface area (Å²) in [6.45, 7) is 4.10. The number of aliphatic hydroxyl groups excluding tert-OH is 1. The number of aryl methyl sites for hydroxylation is 2. The molecular weight excluding hydrogens is 519 g/mol. The number of benzene rings is 2. The fraction of sp³-hybridized carbons (Fsp3) is 0.321. The third-order valence-electron chi connectivity index (χ3n) is 7.82. The number of amides is 4. The topological polar surface area (TPSA) is 136 Å². The van der Waals surface area contributed by atoms with Crippen LogP contribution in [0.1, 0.15) is 28.8 Å². The summed E-state index contributed by atoms with van der Waals surface area (Å²) in [5.41, 5.74) is 3.44. The summed E-state index contributed by atoms with van der Waals surface area (Å²) in [6.07, 6.45) is 0. The lowest BCUT2D eigenvalue weighted by Crippen LogP contribution is -2.68. The molecule has 2 aromatic carbocycles. The second kappa shape index (κ2) is 9.56. The van der Waals surface area contributed by atoms with Crippen LogP contribution in [0, 0.1) is 19.7 Å². The van der Waals surface area contributed by atoms with Crippen molar-refractivity contribution in [2.45, 2.75) is 25.3 Å². The van der Waals surface area contributed by atoms with Gasteiger partial charge in [-0.15, -0.1) is 0 Å². The Hall–Kier alpha value is -4.58. The van der Waals surface area contributed by atoms with E-state index in [1.54, 1.807) is 30.8 Å². The Bertz CT molecular complexity index is 1590. The summed E-state index contributed by atoms with van der Waals surface area (Å²) >= 11 is 0. The van der Waals surface area contributed by atoms with Crippen LogP contribution in [0.2, 0.25) is 0 Å². The molecule has 2 aliphatic heterocycles. The van der Waals surface area contributed by atoms with Crippen LogP contribution in [0.5, 0.6) is 5.75 Å². The van der Waals surface area contributed by atoms with Gasteiger partial charge in [0.2, 0.25) is 0 Å². The third kappa shape index (κ3) is 4.11. The molecule has 0 aliphatic carbocycles. The molecule has 12 heteroatoms. The van der Waals surface area contributed by atoms with Crippen molar-refractivity contribution in [1.82, 2.24) is 19.9 Å². The summed E-state index contributed by atoms with van der Waals surface area (Å²) in [4.78, 5) is 33.4. The molecule has 1 saturated heterocycles. The Morgan fingerprint density at radius 3 is 2.55 bits per heavy atom. The Balaban J connectivity index is 1.35. The van der Waals surface area contributed by atoms with E-state index < -0.39 is 23.3 Å². The minimum Gasteiger partial charge on any atom is -0.497 e. The number of aromatic amines is 1. The summed E-state index contributed by atoms with van der Waals surface area (Å²) < 4.78 is 24.0. The zero-order valence-corrected chi connectivity index (χ0v) is 22.2. The van der Waals surface area contributed by atoms with Crippen molar-refractivity contribution in [3.63, 3.8) is 0 Å². The van der Waals surface area contributed by atoms with Gasteiger partial charge in [-0.25, -0.2) is 14.0 Å². The van der Waals surface area contributed by atoms with Gasteiger partial charge in [0.05, 0.1) is 25.2 Å². The third-order valence-corrected chi connectivity index (χ3v) is 7.82. The van der Waals surface area contributed by atoms with E-state index in [-0.39, 0.29) is 19.2 Å². The van der Waals surface area contributed by atoms with Crippen LogP contribution in [-0.4, -0.2) is 70.5 Å². The first-order chi connectivity index (χ1) is 19.2. The number of halogens is 1. The number of anilines is 2. The lowest BCUT2D eigenvalue weighted by atomic mass is 9.69. The molecule has 4 aromatic rings. The average molecular weight is 549 g/mol. The van der Waals surface area contributed by atoms with E-state index in [2.05, 4.69) is 20.8 Å². The van der Waals surface area contributed by atoms with Gasteiger partial charge in [0.15, 0.2) is 5.76 Å². The van der Waals surface area contributed by atoms with Gasteiger partial charge in [-0.05, 0) is 55.8 Å². The SMILES string of the molecule is COc1ccc2c3c([nH]c2c1)[C@H](CO)N(C(=O)Nc1ccc(F)cc1)CC31CN(C(=O)Nc2c(C)noc2C)C1. The van der Waals surface area contributed by atoms with E-state index >= 15 is 0 Å². The number of carbonyl (C=O) groups is 2. The Morgan fingerprint density at radius 2 is 1.90 bits per heavy atom. The summed E-state index contributed by atoms with van der Waals surface area (Å²) in [6, 6.07) is 9.79. The maximum absolute atomic E-state index is 13.5. The number of hydrogen-bond acceptors (Lipinski definition) is 6. The predicted molar refractivity (Wildman–Crippen MR) is 145 cm³/mol. The number of urea groups is 2. The largest absolute Gasteiger partial charge is 0.497 e. The highest BCUT2D eigenvalue weighted by atomic mass is 19.1. The number of methoxy groups -OCH3 is 1. The van der Waals surface area contributed by atoms with Gasteiger partial charge in [0, 0.05) is 48.0 Å². The minimum atomic E-state index is -0.662. The Labute approximate surface area is 228 Å². The molecule has 4 amide bonds. The minimum absolute atomic E-state index is 0.256. The van der Waals surface area contributed by atoms with E-state index in [0.29, 0.717) is 47.4 Å². The van der Waals surface area contributed by atoms with Crippen molar-refractivity contribution in [2.24, 2.45) is 0 Å². The smallest absolute Gasteiger partial charge is 0.322 e. The van der Waals surface area contributed by atoms with E-state index in [0.717, 1.165) is 16.5 Å². The van der Waals surface area contributed by atoms with E-state index in [1.807, 2.05) is 18.2 Å². The van der Waals surface area contributed by atoms with Crippen LogP contribution in [0.4, 0.5) is 25.4 Å². The van der Waals surface area contributed by atoms with E-state index in [1.165, 1.54) is 24.3 Å². The number of H-pyrrole nitrogens is 1. The molecule has 40 heavy (non-hydrogen) atoms. The van der Waals surface area contributed by atoms with Gasteiger partial charge in [-0.3, -0.25) is 0 Å². The molecule has 0 bridgehead atoms. The highest BCUT2D eigenvalue weighted by molar-refractivity contribution is 5.94. The van der Waals surface area contributed by atoms with Crippen molar-refractivity contribution in [3.05, 3.63) is 71.0 Å². The molecule has 1 fully saturated rings.